The first-order chi connectivity index (χ1) is 33.5. The van der Waals surface area contributed by atoms with Crippen LogP contribution in [-0.4, -0.2) is 14.5 Å². The van der Waals surface area contributed by atoms with Gasteiger partial charge in [0.2, 0.25) is 0 Å². The molecule has 7 aromatic carbocycles. The van der Waals surface area contributed by atoms with Crippen molar-refractivity contribution in [3.05, 3.63) is 198 Å². The fraction of sp³-hybridized carbons (Fsp3) is 0.222. The van der Waals surface area contributed by atoms with Gasteiger partial charge in [-0.25, -0.2) is 4.98 Å². The summed E-state index contributed by atoms with van der Waals surface area (Å²) < 4.78 is 43.7. The summed E-state index contributed by atoms with van der Waals surface area (Å²) in [5.41, 5.74) is 16.6. The topological polar surface area (TPSA) is 39.9 Å². The number of imidazole rings is 1. The molecule has 68 heavy (non-hydrogen) atoms. The van der Waals surface area contributed by atoms with Gasteiger partial charge in [-0.3, -0.25) is 9.55 Å². The Kier molecular flexibility index (Phi) is 12.0. The van der Waals surface area contributed by atoms with Crippen molar-refractivity contribution < 1.29 is 31.3 Å². The monoisotopic (exact) mass is 1070 g/mol. The molecule has 5 heteroatoms. The predicted molar refractivity (Wildman–Crippen MR) is 282 cm³/mol. The molecule has 0 radical (unpaired) electrons. The van der Waals surface area contributed by atoms with Crippen LogP contribution in [-0.2, 0) is 31.9 Å². The molecule has 0 aliphatic heterocycles. The van der Waals surface area contributed by atoms with E-state index in [1.54, 1.807) is 0 Å². The van der Waals surface area contributed by atoms with Gasteiger partial charge in [0, 0.05) is 22.9 Å². The van der Waals surface area contributed by atoms with Crippen molar-refractivity contribution in [1.29, 1.82) is 0 Å². The number of hydrogen-bond acceptors (Lipinski definition) is 3. The van der Waals surface area contributed by atoms with Crippen LogP contribution in [0.25, 0.3) is 83.9 Å². The van der Waals surface area contributed by atoms with Crippen molar-refractivity contribution in [2.75, 3.05) is 0 Å². The minimum absolute atomic E-state index is 0. The number of pyridine rings is 1. The SMILES string of the molecule is [2H]C([2H])([2H])c1cc(-n2c(-c3cc(C)cc(C)c3O[CH2-])nc3c(-c4[c-]c(-c5cc(-c6ccc(C([2H])(C)C)cc6)ccn5)cc(C(C)(C)C)c4)cccc32)c(-c2ccc(C(C)(C)C)cc2)cc1-c1ccccc1.[Pt+2]. The molecule has 0 bridgehead atoms. The molecule has 0 unspecified atom stereocenters. The average Bonchev–Trinajstić information content (AvgIpc) is 3.72. The van der Waals surface area contributed by atoms with Crippen molar-refractivity contribution in [1.82, 2.24) is 14.5 Å². The first-order valence-electron chi connectivity index (χ1n) is 25.1. The first-order valence-corrected chi connectivity index (χ1v) is 23.1. The van der Waals surface area contributed by atoms with Gasteiger partial charge in [0.15, 0.2) is 0 Å². The summed E-state index contributed by atoms with van der Waals surface area (Å²) in [7, 11) is 3.92. The zero-order valence-corrected chi connectivity index (χ0v) is 43.0. The third kappa shape index (κ3) is 9.41. The van der Waals surface area contributed by atoms with E-state index in [2.05, 4.69) is 145 Å². The van der Waals surface area contributed by atoms with Gasteiger partial charge in [-0.1, -0.05) is 170 Å². The molecule has 2 heterocycles. The molecule has 4 nitrogen and oxygen atoms in total. The summed E-state index contributed by atoms with van der Waals surface area (Å²) in [6.45, 7) is 18.6. The molecular formula is C63H61N3OPt. The number of aryl methyl sites for hydroxylation is 3. The fourth-order valence-corrected chi connectivity index (χ4v) is 9.10. The molecule has 2 aromatic heterocycles. The summed E-state index contributed by atoms with van der Waals surface area (Å²) in [4.78, 5) is 10.5. The summed E-state index contributed by atoms with van der Waals surface area (Å²) in [5, 5.41) is 0. The molecule has 9 aromatic rings. The van der Waals surface area contributed by atoms with Crippen molar-refractivity contribution in [2.24, 2.45) is 0 Å². The van der Waals surface area contributed by atoms with E-state index in [4.69, 9.17) is 20.2 Å². The molecule has 0 saturated heterocycles. The average molecular weight is 1080 g/mol. The largest absolute Gasteiger partial charge is 2.00 e. The maximum Gasteiger partial charge on any atom is 2.00 e. The molecule has 0 saturated carbocycles. The Morgan fingerprint density at radius 2 is 1.31 bits per heavy atom. The quantitative estimate of drug-likeness (QED) is 0.135. The van der Waals surface area contributed by atoms with Crippen LogP contribution in [0.4, 0.5) is 0 Å². The Labute approximate surface area is 424 Å². The number of aromatic nitrogens is 3. The number of rotatable bonds is 9. The van der Waals surface area contributed by atoms with Crippen LogP contribution in [0.15, 0.2) is 152 Å². The molecule has 0 amide bonds. The smallest absolute Gasteiger partial charge is 0.665 e. The fourth-order valence-electron chi connectivity index (χ4n) is 9.10. The van der Waals surface area contributed by atoms with E-state index in [-0.39, 0.29) is 37.5 Å². The maximum absolute atomic E-state index is 9.02. The Balaban J connectivity index is 0.00000693. The minimum Gasteiger partial charge on any atom is -0.665 e. The van der Waals surface area contributed by atoms with Crippen LogP contribution in [0.2, 0.25) is 0 Å². The van der Waals surface area contributed by atoms with E-state index < -0.39 is 12.7 Å². The number of nitrogens with zero attached hydrogens (tertiary/aromatic N) is 3. The Morgan fingerprint density at radius 1 is 0.632 bits per heavy atom. The van der Waals surface area contributed by atoms with Crippen LogP contribution < -0.4 is 4.74 Å². The Morgan fingerprint density at radius 3 is 1.97 bits per heavy atom. The molecule has 344 valence electrons. The number of para-hydroxylation sites is 1. The molecule has 0 atom stereocenters. The number of hydrogen-bond donors (Lipinski definition) is 0. The molecule has 0 N–H and O–H groups in total. The van der Waals surface area contributed by atoms with E-state index in [0.29, 0.717) is 28.3 Å². The summed E-state index contributed by atoms with van der Waals surface area (Å²) in [6.07, 6.45) is 1.84. The van der Waals surface area contributed by atoms with Gasteiger partial charge in [-0.2, -0.15) is 7.11 Å². The number of ether oxygens (including phenoxy) is 1. The number of fused-ring (bicyclic) bond motifs is 1. The summed E-state index contributed by atoms with van der Waals surface area (Å²) in [6, 6.07) is 53.1. The maximum atomic E-state index is 9.02. The molecule has 9 rings (SSSR count). The second-order valence-corrected chi connectivity index (χ2v) is 20.1. The zero-order chi connectivity index (χ0) is 50.8. The van der Waals surface area contributed by atoms with Gasteiger partial charge in [-0.05, 0) is 123 Å². The van der Waals surface area contributed by atoms with Crippen molar-refractivity contribution in [3.63, 3.8) is 0 Å². The predicted octanol–water partition coefficient (Wildman–Crippen LogP) is 17.0. The summed E-state index contributed by atoms with van der Waals surface area (Å²) in [5.74, 6) is 0.460. The molecule has 0 aliphatic carbocycles. The second kappa shape index (κ2) is 19.0. The van der Waals surface area contributed by atoms with E-state index in [9.17, 15) is 0 Å². The van der Waals surface area contributed by atoms with Gasteiger partial charge in [0.25, 0.3) is 0 Å². The van der Waals surface area contributed by atoms with Crippen LogP contribution in [0, 0.1) is 33.9 Å². The minimum atomic E-state index is -2.47. The third-order valence-corrected chi connectivity index (χ3v) is 12.9. The Bertz CT molecular complexity index is 3450. The number of benzene rings is 7. The molecule has 0 spiro atoms. The van der Waals surface area contributed by atoms with Crippen molar-refractivity contribution in [2.45, 2.75) is 92.8 Å². The van der Waals surface area contributed by atoms with Gasteiger partial charge >= 0.3 is 21.1 Å². The van der Waals surface area contributed by atoms with E-state index >= 15 is 0 Å². The van der Waals surface area contributed by atoms with Gasteiger partial charge in [0.1, 0.15) is 5.82 Å². The molecular weight excluding hydrogens is 1010 g/mol. The van der Waals surface area contributed by atoms with Gasteiger partial charge in [0.05, 0.1) is 28.0 Å². The van der Waals surface area contributed by atoms with Crippen LogP contribution in [0.3, 0.4) is 0 Å². The molecule has 0 aliphatic rings. The van der Waals surface area contributed by atoms with Crippen LogP contribution in [0.1, 0.15) is 100 Å². The first kappa shape index (κ1) is 43.0. The van der Waals surface area contributed by atoms with E-state index in [0.717, 1.165) is 83.5 Å². The van der Waals surface area contributed by atoms with E-state index in [1.165, 1.54) is 5.56 Å². The van der Waals surface area contributed by atoms with Crippen molar-refractivity contribution in [3.8, 4) is 78.6 Å². The van der Waals surface area contributed by atoms with Crippen LogP contribution in [0.5, 0.6) is 5.75 Å². The second-order valence-electron chi connectivity index (χ2n) is 20.1. The standard InChI is InChI=1S/C63H61N3O.Pt/c1-39(2)43-21-23-44(24-22-43)47-29-30-64-56(37-47)49-34-48(35-51(36-49)63(9,10)11)52-19-16-20-57-59(52)65-61(55-32-40(3)31-42(5)60(55)67-12)66(57)58-33-41(4)53(45-17-14-13-15-18-45)38-54(58)46-25-27-50(28-26-46)62(6,7)8;/h13-33,35-39H,12H2,1-11H3;/q-2;+2/i4D3,39D;. The van der Waals surface area contributed by atoms with Gasteiger partial charge < -0.3 is 4.74 Å². The molecule has 0 fully saturated rings. The Hall–Kier alpha value is -6.35. The summed E-state index contributed by atoms with van der Waals surface area (Å²) >= 11 is 0. The zero-order valence-electron chi connectivity index (χ0n) is 44.7. The van der Waals surface area contributed by atoms with Crippen LogP contribution >= 0.6 is 0 Å². The van der Waals surface area contributed by atoms with Gasteiger partial charge in [-0.15, -0.1) is 29.3 Å². The third-order valence-electron chi connectivity index (χ3n) is 12.9. The van der Waals surface area contributed by atoms with E-state index in [1.807, 2.05) is 93.7 Å². The normalized spacial score (nSPS) is 13.0. The van der Waals surface area contributed by atoms with Crippen molar-refractivity contribution >= 4 is 11.0 Å².